The van der Waals surface area contributed by atoms with Crippen LogP contribution in [0, 0.1) is 5.41 Å². The molecule has 1 aliphatic heterocycles. The molecule has 8 heteroatoms. The first-order valence-corrected chi connectivity index (χ1v) is 10.9. The molecule has 1 aliphatic rings. The zero-order chi connectivity index (χ0) is 23.1. The van der Waals surface area contributed by atoms with Crippen LogP contribution in [0.25, 0.3) is 0 Å². The van der Waals surface area contributed by atoms with E-state index in [4.69, 9.17) is 16.2 Å². The quantitative estimate of drug-likeness (QED) is 0.302. The van der Waals surface area contributed by atoms with E-state index >= 15 is 0 Å². The van der Waals surface area contributed by atoms with E-state index in [1.54, 1.807) is 30.3 Å². The van der Waals surface area contributed by atoms with Gasteiger partial charge in [0.2, 0.25) is 0 Å². The summed E-state index contributed by atoms with van der Waals surface area (Å²) in [7, 11) is 0. The van der Waals surface area contributed by atoms with E-state index < -0.39 is 5.97 Å². The first-order valence-electron chi connectivity index (χ1n) is 10.9. The molecular weight excluding hydrogens is 406 g/mol. The highest BCUT2D eigenvalue weighted by Crippen LogP contribution is 2.25. The van der Waals surface area contributed by atoms with Crippen LogP contribution in [0.2, 0.25) is 0 Å². The number of nitrogens with zero attached hydrogens (tertiary/aromatic N) is 1. The van der Waals surface area contributed by atoms with Gasteiger partial charge in [-0.1, -0.05) is 18.6 Å². The van der Waals surface area contributed by atoms with Crippen LogP contribution >= 0.6 is 0 Å². The molecule has 2 unspecified atom stereocenters. The molecule has 32 heavy (non-hydrogen) atoms. The van der Waals surface area contributed by atoms with Crippen molar-refractivity contribution in [2.75, 3.05) is 23.7 Å². The molecule has 170 valence electrons. The minimum Gasteiger partial charge on any atom is -0.481 e. The number of para-hydroxylation sites is 1. The first kappa shape index (κ1) is 23.3. The minimum atomic E-state index is -0.784. The SMILES string of the molecule is CC1CCCC(CNc2ccccc2C(=O)Nc2ccc(C(=N)N)cc2)N1CCC(=O)O. The van der Waals surface area contributed by atoms with E-state index in [0.29, 0.717) is 35.9 Å². The number of benzene rings is 2. The first-order chi connectivity index (χ1) is 15.3. The van der Waals surface area contributed by atoms with Gasteiger partial charge in [0.25, 0.3) is 5.91 Å². The number of hydrogen-bond donors (Lipinski definition) is 5. The van der Waals surface area contributed by atoms with Crippen molar-refractivity contribution in [2.45, 2.75) is 44.7 Å². The molecule has 0 spiro atoms. The number of carboxylic acid groups (broad SMARTS) is 1. The van der Waals surface area contributed by atoms with Crippen molar-refractivity contribution < 1.29 is 14.7 Å². The summed E-state index contributed by atoms with van der Waals surface area (Å²) < 4.78 is 0. The maximum atomic E-state index is 12.9. The van der Waals surface area contributed by atoms with Crippen LogP contribution in [0.4, 0.5) is 11.4 Å². The fourth-order valence-corrected chi connectivity index (χ4v) is 4.18. The number of carbonyl (C=O) groups is 2. The van der Waals surface area contributed by atoms with Crippen molar-refractivity contribution in [3.63, 3.8) is 0 Å². The predicted octanol–water partition coefficient (Wildman–Crippen LogP) is 3.35. The molecular formula is C24H31N5O3. The maximum Gasteiger partial charge on any atom is 0.304 e. The standard InChI is InChI=1S/C24H31N5O3/c1-16-5-4-6-19(29(16)14-13-22(30)31)15-27-21-8-3-2-7-20(21)24(32)28-18-11-9-17(10-12-18)23(25)26/h2-3,7-12,16,19,27H,4-6,13-15H2,1H3,(H3,25,26)(H,28,32)(H,30,31). The Kier molecular flexibility index (Phi) is 7.83. The van der Waals surface area contributed by atoms with Gasteiger partial charge >= 0.3 is 5.97 Å². The summed E-state index contributed by atoms with van der Waals surface area (Å²) in [4.78, 5) is 26.2. The van der Waals surface area contributed by atoms with Gasteiger partial charge in [-0.05, 0) is 56.2 Å². The molecule has 0 aliphatic carbocycles. The third kappa shape index (κ3) is 6.07. The highest BCUT2D eigenvalue weighted by molar-refractivity contribution is 6.08. The minimum absolute atomic E-state index is 0.0214. The molecule has 8 nitrogen and oxygen atoms in total. The summed E-state index contributed by atoms with van der Waals surface area (Å²) in [5, 5.41) is 22.8. The fourth-order valence-electron chi connectivity index (χ4n) is 4.18. The lowest BCUT2D eigenvalue weighted by atomic mass is 9.96. The Balaban J connectivity index is 1.67. The van der Waals surface area contributed by atoms with Gasteiger partial charge in [-0.25, -0.2) is 0 Å². The second-order valence-electron chi connectivity index (χ2n) is 8.19. The lowest BCUT2D eigenvalue weighted by Crippen LogP contribution is -2.49. The van der Waals surface area contributed by atoms with Gasteiger partial charge in [-0.15, -0.1) is 0 Å². The van der Waals surface area contributed by atoms with Crippen molar-refractivity contribution >= 4 is 29.1 Å². The zero-order valence-electron chi connectivity index (χ0n) is 18.3. The molecule has 0 bridgehead atoms. The number of nitrogens with one attached hydrogen (secondary N) is 3. The third-order valence-electron chi connectivity index (χ3n) is 5.93. The Hall–Kier alpha value is -3.39. The van der Waals surface area contributed by atoms with E-state index in [1.165, 1.54) is 0 Å². The van der Waals surface area contributed by atoms with Crippen LogP contribution in [0.5, 0.6) is 0 Å². The van der Waals surface area contributed by atoms with E-state index in [2.05, 4.69) is 22.5 Å². The number of likely N-dealkylation sites (tertiary alicyclic amines) is 1. The number of carboxylic acids is 1. The Labute approximate surface area is 188 Å². The number of amides is 1. The Bertz CT molecular complexity index is 960. The van der Waals surface area contributed by atoms with Gasteiger partial charge in [-0.2, -0.15) is 0 Å². The molecule has 2 atom stereocenters. The van der Waals surface area contributed by atoms with Crippen LogP contribution in [-0.4, -0.2) is 52.9 Å². The van der Waals surface area contributed by atoms with Crippen LogP contribution in [-0.2, 0) is 4.79 Å². The molecule has 0 aromatic heterocycles. The molecule has 3 rings (SSSR count). The van der Waals surface area contributed by atoms with Crippen molar-refractivity contribution in [2.24, 2.45) is 5.73 Å². The summed E-state index contributed by atoms with van der Waals surface area (Å²) in [6, 6.07) is 14.7. The second-order valence-corrected chi connectivity index (χ2v) is 8.19. The number of carbonyl (C=O) groups excluding carboxylic acids is 1. The number of rotatable bonds is 9. The smallest absolute Gasteiger partial charge is 0.304 e. The Morgan fingerprint density at radius 2 is 1.88 bits per heavy atom. The van der Waals surface area contributed by atoms with E-state index in [9.17, 15) is 9.59 Å². The van der Waals surface area contributed by atoms with Gasteiger partial charge in [-0.3, -0.25) is 19.9 Å². The van der Waals surface area contributed by atoms with Crippen molar-refractivity contribution in [1.82, 2.24) is 4.90 Å². The molecule has 1 fully saturated rings. The van der Waals surface area contributed by atoms with Crippen molar-refractivity contribution in [3.8, 4) is 0 Å². The Morgan fingerprint density at radius 1 is 1.16 bits per heavy atom. The highest BCUT2D eigenvalue weighted by Gasteiger charge is 2.28. The second kappa shape index (κ2) is 10.8. The lowest BCUT2D eigenvalue weighted by Gasteiger charge is -2.40. The van der Waals surface area contributed by atoms with E-state index in [-0.39, 0.29) is 24.2 Å². The summed E-state index contributed by atoms with van der Waals surface area (Å²) in [6.07, 6.45) is 3.29. The lowest BCUT2D eigenvalue weighted by molar-refractivity contribution is -0.137. The Morgan fingerprint density at radius 3 is 2.56 bits per heavy atom. The third-order valence-corrected chi connectivity index (χ3v) is 5.93. The summed E-state index contributed by atoms with van der Waals surface area (Å²) in [6.45, 7) is 3.32. The summed E-state index contributed by atoms with van der Waals surface area (Å²) >= 11 is 0. The maximum absolute atomic E-state index is 12.9. The van der Waals surface area contributed by atoms with Gasteiger partial charge in [0.15, 0.2) is 0 Å². The predicted molar refractivity (Wildman–Crippen MR) is 126 cm³/mol. The number of aliphatic carboxylic acids is 1. The van der Waals surface area contributed by atoms with Gasteiger partial charge in [0, 0.05) is 42.1 Å². The number of nitrogens with two attached hydrogens (primary N) is 1. The average Bonchev–Trinajstić information content (AvgIpc) is 2.77. The highest BCUT2D eigenvalue weighted by atomic mass is 16.4. The van der Waals surface area contributed by atoms with Crippen LogP contribution in [0.3, 0.4) is 0 Å². The zero-order valence-corrected chi connectivity index (χ0v) is 18.3. The van der Waals surface area contributed by atoms with Crippen LogP contribution < -0.4 is 16.4 Å². The molecule has 1 heterocycles. The molecule has 2 aromatic rings. The van der Waals surface area contributed by atoms with Gasteiger partial charge in [0.1, 0.15) is 5.84 Å². The van der Waals surface area contributed by atoms with E-state index in [0.717, 1.165) is 24.9 Å². The van der Waals surface area contributed by atoms with E-state index in [1.807, 2.05) is 18.2 Å². The molecule has 1 saturated heterocycles. The van der Waals surface area contributed by atoms with Crippen LogP contribution in [0.15, 0.2) is 48.5 Å². The normalized spacial score (nSPS) is 18.7. The number of anilines is 2. The summed E-state index contributed by atoms with van der Waals surface area (Å²) in [5.41, 5.74) is 7.96. The van der Waals surface area contributed by atoms with Crippen molar-refractivity contribution in [3.05, 3.63) is 59.7 Å². The van der Waals surface area contributed by atoms with Crippen LogP contribution in [0.1, 0.15) is 48.5 Å². The number of hydrogen-bond acceptors (Lipinski definition) is 5. The molecule has 0 saturated carbocycles. The molecule has 6 N–H and O–H groups in total. The average molecular weight is 438 g/mol. The monoisotopic (exact) mass is 437 g/mol. The molecule has 1 amide bonds. The summed E-state index contributed by atoms with van der Waals surface area (Å²) in [5.74, 6) is -1.04. The fraction of sp³-hybridized carbons (Fsp3) is 0.375. The molecule has 0 radical (unpaired) electrons. The van der Waals surface area contributed by atoms with Gasteiger partial charge in [0.05, 0.1) is 12.0 Å². The molecule has 2 aromatic carbocycles. The topological polar surface area (TPSA) is 132 Å². The van der Waals surface area contributed by atoms with Gasteiger partial charge < -0.3 is 21.5 Å². The van der Waals surface area contributed by atoms with Crippen molar-refractivity contribution in [1.29, 1.82) is 5.41 Å². The number of piperidine rings is 1. The largest absolute Gasteiger partial charge is 0.481 e. The number of nitrogen functional groups attached to an aromatic ring is 1. The number of amidine groups is 1.